The standard InChI is InChI=1S/C16H17FN2S/c1-11(12-5-3-2-4-6-12)10-19-15-8-7-13(17)9-14(15)16(18)20/h2-9,11,19H,10H2,1H3,(H2,18,20). The molecule has 0 spiro atoms. The van der Waals surface area contributed by atoms with Gasteiger partial charge in [0, 0.05) is 17.8 Å². The van der Waals surface area contributed by atoms with E-state index >= 15 is 0 Å². The molecular formula is C16H17FN2S. The number of thiocarbonyl (C=S) groups is 1. The maximum absolute atomic E-state index is 13.2. The Bertz CT molecular complexity index is 599. The van der Waals surface area contributed by atoms with Gasteiger partial charge in [-0.15, -0.1) is 0 Å². The second-order valence-corrected chi connectivity index (χ2v) is 5.19. The molecule has 4 heteroatoms. The number of benzene rings is 2. The van der Waals surface area contributed by atoms with Gasteiger partial charge in [-0.1, -0.05) is 49.5 Å². The lowest BCUT2D eigenvalue weighted by atomic mass is 10.0. The van der Waals surface area contributed by atoms with Crippen LogP contribution in [0.15, 0.2) is 48.5 Å². The van der Waals surface area contributed by atoms with Crippen LogP contribution in [0.2, 0.25) is 0 Å². The summed E-state index contributed by atoms with van der Waals surface area (Å²) >= 11 is 4.95. The molecule has 0 heterocycles. The van der Waals surface area contributed by atoms with Crippen molar-refractivity contribution in [3.05, 3.63) is 65.5 Å². The van der Waals surface area contributed by atoms with E-state index in [2.05, 4.69) is 24.4 Å². The third kappa shape index (κ3) is 3.54. The number of nitrogens with one attached hydrogen (secondary N) is 1. The minimum absolute atomic E-state index is 0.194. The molecule has 0 fully saturated rings. The molecule has 0 saturated carbocycles. The Morgan fingerprint density at radius 1 is 1.25 bits per heavy atom. The van der Waals surface area contributed by atoms with Crippen LogP contribution in [0.3, 0.4) is 0 Å². The first-order chi connectivity index (χ1) is 9.58. The fourth-order valence-corrected chi connectivity index (χ4v) is 2.21. The number of rotatable bonds is 5. The van der Waals surface area contributed by atoms with Gasteiger partial charge in [0.2, 0.25) is 0 Å². The molecule has 0 aliphatic rings. The van der Waals surface area contributed by atoms with Crippen LogP contribution in [0.1, 0.15) is 24.0 Å². The fraction of sp³-hybridized carbons (Fsp3) is 0.188. The molecule has 2 aromatic rings. The molecular weight excluding hydrogens is 271 g/mol. The number of hydrogen-bond donors (Lipinski definition) is 2. The van der Waals surface area contributed by atoms with Crippen LogP contribution < -0.4 is 11.1 Å². The number of anilines is 1. The summed E-state index contributed by atoms with van der Waals surface area (Å²) in [4.78, 5) is 0.194. The maximum atomic E-state index is 13.2. The van der Waals surface area contributed by atoms with E-state index in [1.165, 1.54) is 17.7 Å². The Morgan fingerprint density at radius 3 is 2.60 bits per heavy atom. The lowest BCUT2D eigenvalue weighted by molar-refractivity contribution is 0.627. The zero-order valence-corrected chi connectivity index (χ0v) is 12.1. The van der Waals surface area contributed by atoms with Gasteiger partial charge in [0.1, 0.15) is 10.8 Å². The summed E-state index contributed by atoms with van der Waals surface area (Å²) in [6.07, 6.45) is 0. The van der Waals surface area contributed by atoms with Crippen molar-refractivity contribution in [2.45, 2.75) is 12.8 Å². The fourth-order valence-electron chi connectivity index (χ4n) is 2.04. The van der Waals surface area contributed by atoms with E-state index in [1.807, 2.05) is 18.2 Å². The molecule has 2 aromatic carbocycles. The van der Waals surface area contributed by atoms with Gasteiger partial charge < -0.3 is 11.1 Å². The molecule has 3 N–H and O–H groups in total. The first-order valence-corrected chi connectivity index (χ1v) is 6.87. The normalized spacial score (nSPS) is 11.9. The summed E-state index contributed by atoms with van der Waals surface area (Å²) in [6.45, 7) is 2.86. The smallest absolute Gasteiger partial charge is 0.124 e. The van der Waals surface area contributed by atoms with Crippen molar-refractivity contribution in [3.8, 4) is 0 Å². The van der Waals surface area contributed by atoms with Crippen LogP contribution in [0.4, 0.5) is 10.1 Å². The summed E-state index contributed by atoms with van der Waals surface area (Å²) in [5.41, 5.74) is 8.18. The van der Waals surface area contributed by atoms with E-state index in [0.29, 0.717) is 11.5 Å². The average molecular weight is 288 g/mol. The number of hydrogen-bond acceptors (Lipinski definition) is 2. The molecule has 0 aliphatic carbocycles. The topological polar surface area (TPSA) is 38.0 Å². The van der Waals surface area contributed by atoms with E-state index in [9.17, 15) is 4.39 Å². The third-order valence-corrected chi connectivity index (χ3v) is 3.43. The predicted molar refractivity (Wildman–Crippen MR) is 85.6 cm³/mol. The first kappa shape index (κ1) is 14.5. The van der Waals surface area contributed by atoms with Gasteiger partial charge in [-0.25, -0.2) is 4.39 Å². The van der Waals surface area contributed by atoms with Gasteiger partial charge in [-0.05, 0) is 29.7 Å². The van der Waals surface area contributed by atoms with Gasteiger partial charge in [-0.3, -0.25) is 0 Å². The lowest BCUT2D eigenvalue weighted by Gasteiger charge is -2.16. The number of halogens is 1. The molecule has 0 radical (unpaired) electrons. The third-order valence-electron chi connectivity index (χ3n) is 3.21. The molecule has 1 atom stereocenters. The zero-order chi connectivity index (χ0) is 14.5. The molecule has 0 saturated heterocycles. The monoisotopic (exact) mass is 288 g/mol. The molecule has 2 nitrogen and oxygen atoms in total. The second kappa shape index (κ2) is 6.48. The van der Waals surface area contributed by atoms with Crippen molar-refractivity contribution in [1.29, 1.82) is 0 Å². The van der Waals surface area contributed by atoms with E-state index in [0.717, 1.165) is 12.2 Å². The Hall–Kier alpha value is -1.94. The highest BCUT2D eigenvalue weighted by Crippen LogP contribution is 2.20. The Kier molecular flexibility index (Phi) is 4.69. The molecule has 0 aliphatic heterocycles. The molecule has 20 heavy (non-hydrogen) atoms. The SMILES string of the molecule is CC(CNc1ccc(F)cc1C(N)=S)c1ccccc1. The summed E-state index contributed by atoms with van der Waals surface area (Å²) in [5.74, 6) is -0.00472. The van der Waals surface area contributed by atoms with Crippen molar-refractivity contribution in [1.82, 2.24) is 0 Å². The van der Waals surface area contributed by atoms with E-state index < -0.39 is 0 Å². The highest BCUT2D eigenvalue weighted by Gasteiger charge is 2.09. The van der Waals surface area contributed by atoms with Gasteiger partial charge >= 0.3 is 0 Å². The van der Waals surface area contributed by atoms with Crippen LogP contribution >= 0.6 is 12.2 Å². The lowest BCUT2D eigenvalue weighted by Crippen LogP contribution is -2.16. The van der Waals surface area contributed by atoms with Crippen molar-refractivity contribution in [2.24, 2.45) is 5.73 Å². The average Bonchev–Trinajstić information content (AvgIpc) is 2.46. The van der Waals surface area contributed by atoms with Crippen LogP contribution in [-0.2, 0) is 0 Å². The quantitative estimate of drug-likeness (QED) is 0.824. The summed E-state index contributed by atoms with van der Waals surface area (Å²) in [6, 6.07) is 14.6. The van der Waals surface area contributed by atoms with Crippen molar-refractivity contribution < 1.29 is 4.39 Å². The minimum atomic E-state index is -0.338. The Balaban J connectivity index is 2.09. The minimum Gasteiger partial charge on any atom is -0.389 e. The van der Waals surface area contributed by atoms with Crippen LogP contribution in [-0.4, -0.2) is 11.5 Å². The molecule has 0 aromatic heterocycles. The van der Waals surface area contributed by atoms with Crippen LogP contribution in [0.5, 0.6) is 0 Å². The highest BCUT2D eigenvalue weighted by molar-refractivity contribution is 7.80. The molecule has 104 valence electrons. The second-order valence-electron chi connectivity index (χ2n) is 4.75. The maximum Gasteiger partial charge on any atom is 0.124 e. The van der Waals surface area contributed by atoms with E-state index in [-0.39, 0.29) is 10.8 Å². The summed E-state index contributed by atoms with van der Waals surface area (Å²) in [7, 11) is 0. The largest absolute Gasteiger partial charge is 0.389 e. The molecule has 0 bridgehead atoms. The first-order valence-electron chi connectivity index (χ1n) is 6.46. The van der Waals surface area contributed by atoms with E-state index in [1.54, 1.807) is 6.07 Å². The van der Waals surface area contributed by atoms with Crippen LogP contribution in [0.25, 0.3) is 0 Å². The zero-order valence-electron chi connectivity index (χ0n) is 11.3. The summed E-state index contributed by atoms with van der Waals surface area (Å²) in [5, 5.41) is 3.29. The molecule has 2 rings (SSSR count). The van der Waals surface area contributed by atoms with Gasteiger partial charge in [0.15, 0.2) is 0 Å². The van der Waals surface area contributed by atoms with Gasteiger partial charge in [-0.2, -0.15) is 0 Å². The van der Waals surface area contributed by atoms with Gasteiger partial charge in [0.25, 0.3) is 0 Å². The Labute approximate surface area is 123 Å². The van der Waals surface area contributed by atoms with Crippen molar-refractivity contribution in [3.63, 3.8) is 0 Å². The predicted octanol–water partition coefficient (Wildman–Crippen LogP) is 3.68. The van der Waals surface area contributed by atoms with Crippen molar-refractivity contribution in [2.75, 3.05) is 11.9 Å². The molecule has 1 unspecified atom stereocenters. The van der Waals surface area contributed by atoms with Crippen LogP contribution in [0, 0.1) is 5.82 Å². The summed E-state index contributed by atoms with van der Waals surface area (Å²) < 4.78 is 13.2. The Morgan fingerprint density at radius 2 is 1.95 bits per heavy atom. The van der Waals surface area contributed by atoms with E-state index in [4.69, 9.17) is 18.0 Å². The number of nitrogens with two attached hydrogens (primary N) is 1. The van der Waals surface area contributed by atoms with Crippen molar-refractivity contribution >= 4 is 22.9 Å². The highest BCUT2D eigenvalue weighted by atomic mass is 32.1. The van der Waals surface area contributed by atoms with Gasteiger partial charge in [0.05, 0.1) is 0 Å². The molecule has 0 amide bonds.